The summed E-state index contributed by atoms with van der Waals surface area (Å²) >= 11 is 0. The van der Waals surface area contributed by atoms with Crippen molar-refractivity contribution in [2.24, 2.45) is 0 Å². The standard InChI is InChI=1S/C22H23F3N4O/c1-28-5-7-29(8-6-28)18-12-19-20(27-13-18)10-16(22(23,24)25)11-21(19)30-14-15-3-2-4-17(26)9-15/h2-4,9-13H,5-8,14,26H2,1H3. The number of nitrogens with zero attached hydrogens (tertiary/aromatic N) is 3. The number of alkyl halides is 3. The van der Waals surface area contributed by atoms with E-state index in [0.717, 1.165) is 49.6 Å². The number of hydrogen-bond donors (Lipinski definition) is 1. The van der Waals surface area contributed by atoms with Gasteiger partial charge >= 0.3 is 6.18 Å². The van der Waals surface area contributed by atoms with Gasteiger partial charge in [0.25, 0.3) is 0 Å². The van der Waals surface area contributed by atoms with Gasteiger partial charge in [0.2, 0.25) is 0 Å². The minimum absolute atomic E-state index is 0.111. The van der Waals surface area contributed by atoms with Crippen molar-refractivity contribution in [3.63, 3.8) is 0 Å². The molecule has 0 bridgehead atoms. The number of hydrogen-bond acceptors (Lipinski definition) is 5. The first-order valence-corrected chi connectivity index (χ1v) is 9.71. The maximum absolute atomic E-state index is 13.4. The molecule has 2 aromatic carbocycles. The van der Waals surface area contributed by atoms with E-state index >= 15 is 0 Å². The molecule has 1 aliphatic rings. The van der Waals surface area contributed by atoms with E-state index in [1.165, 1.54) is 0 Å². The Balaban J connectivity index is 1.71. The first-order valence-electron chi connectivity index (χ1n) is 9.71. The van der Waals surface area contributed by atoms with Gasteiger partial charge in [-0.2, -0.15) is 13.2 Å². The van der Waals surface area contributed by atoms with Crippen LogP contribution in [0.2, 0.25) is 0 Å². The molecule has 1 aliphatic heterocycles. The minimum Gasteiger partial charge on any atom is -0.488 e. The third-order valence-electron chi connectivity index (χ3n) is 5.29. The molecule has 0 aliphatic carbocycles. The van der Waals surface area contributed by atoms with Crippen molar-refractivity contribution >= 4 is 22.3 Å². The molecule has 0 spiro atoms. The molecule has 0 unspecified atom stereocenters. The highest BCUT2D eigenvalue weighted by Gasteiger charge is 2.32. The van der Waals surface area contributed by atoms with Crippen LogP contribution in [0.4, 0.5) is 24.5 Å². The molecule has 1 saturated heterocycles. The lowest BCUT2D eigenvalue weighted by Crippen LogP contribution is -2.44. The molecule has 4 rings (SSSR count). The van der Waals surface area contributed by atoms with E-state index in [-0.39, 0.29) is 17.9 Å². The molecule has 0 atom stereocenters. The molecule has 0 amide bonds. The van der Waals surface area contributed by atoms with Gasteiger partial charge in [0.15, 0.2) is 0 Å². The molecule has 5 nitrogen and oxygen atoms in total. The van der Waals surface area contributed by atoms with Crippen molar-refractivity contribution in [2.45, 2.75) is 12.8 Å². The highest BCUT2D eigenvalue weighted by atomic mass is 19.4. The predicted molar refractivity (Wildman–Crippen MR) is 112 cm³/mol. The Morgan fingerprint density at radius 1 is 1.07 bits per heavy atom. The zero-order valence-electron chi connectivity index (χ0n) is 16.6. The Morgan fingerprint density at radius 3 is 2.53 bits per heavy atom. The topological polar surface area (TPSA) is 54.6 Å². The normalized spacial score (nSPS) is 15.5. The van der Waals surface area contributed by atoms with Crippen molar-refractivity contribution in [1.29, 1.82) is 0 Å². The van der Waals surface area contributed by atoms with E-state index in [4.69, 9.17) is 10.5 Å². The van der Waals surface area contributed by atoms with E-state index in [1.54, 1.807) is 24.4 Å². The first-order chi connectivity index (χ1) is 14.3. The summed E-state index contributed by atoms with van der Waals surface area (Å²) in [5.41, 5.74) is 7.50. The third-order valence-corrected chi connectivity index (χ3v) is 5.29. The van der Waals surface area contributed by atoms with Crippen LogP contribution >= 0.6 is 0 Å². The van der Waals surface area contributed by atoms with Gasteiger partial charge in [0.05, 0.1) is 23.0 Å². The zero-order chi connectivity index (χ0) is 21.3. The summed E-state index contributed by atoms with van der Waals surface area (Å²) in [7, 11) is 2.07. The molecular weight excluding hydrogens is 393 g/mol. The fraction of sp³-hybridized carbons (Fsp3) is 0.318. The Labute approximate surface area is 172 Å². The van der Waals surface area contributed by atoms with E-state index in [2.05, 4.69) is 21.8 Å². The zero-order valence-corrected chi connectivity index (χ0v) is 16.6. The second kappa shape index (κ2) is 8.02. The number of pyridine rings is 1. The average molecular weight is 416 g/mol. The molecule has 3 aromatic rings. The molecular formula is C22H23F3N4O. The second-order valence-electron chi connectivity index (χ2n) is 7.56. The molecule has 0 radical (unpaired) electrons. The Morgan fingerprint density at radius 2 is 1.83 bits per heavy atom. The van der Waals surface area contributed by atoms with E-state index in [1.807, 2.05) is 12.1 Å². The molecule has 2 N–H and O–H groups in total. The van der Waals surface area contributed by atoms with E-state index in [0.29, 0.717) is 11.1 Å². The van der Waals surface area contributed by atoms with Crippen LogP contribution in [-0.2, 0) is 12.8 Å². The van der Waals surface area contributed by atoms with Crippen LogP contribution in [0.15, 0.2) is 48.7 Å². The summed E-state index contributed by atoms with van der Waals surface area (Å²) in [5.74, 6) is 0.158. The van der Waals surface area contributed by atoms with Crippen molar-refractivity contribution in [3.8, 4) is 5.75 Å². The number of fused-ring (bicyclic) bond motifs is 1. The molecule has 2 heterocycles. The third kappa shape index (κ3) is 4.43. The summed E-state index contributed by atoms with van der Waals surface area (Å²) in [6.45, 7) is 3.63. The highest BCUT2D eigenvalue weighted by Crippen LogP contribution is 2.37. The number of ether oxygens (including phenoxy) is 1. The van der Waals surface area contributed by atoms with Crippen LogP contribution in [0.1, 0.15) is 11.1 Å². The van der Waals surface area contributed by atoms with E-state index in [9.17, 15) is 13.2 Å². The highest BCUT2D eigenvalue weighted by molar-refractivity contribution is 5.88. The summed E-state index contributed by atoms with van der Waals surface area (Å²) in [5, 5.41) is 0.559. The van der Waals surface area contributed by atoms with Gasteiger partial charge in [-0.25, -0.2) is 0 Å². The SMILES string of the molecule is CN1CCN(c2cnc3cc(C(F)(F)F)cc(OCc4cccc(N)c4)c3c2)CC1. The molecule has 8 heteroatoms. The van der Waals surface area contributed by atoms with Gasteiger partial charge in [-0.1, -0.05) is 12.1 Å². The van der Waals surface area contributed by atoms with Crippen LogP contribution in [0.5, 0.6) is 5.75 Å². The fourth-order valence-electron chi connectivity index (χ4n) is 3.55. The molecule has 0 saturated carbocycles. The molecule has 158 valence electrons. The monoisotopic (exact) mass is 416 g/mol. The van der Waals surface area contributed by atoms with Crippen LogP contribution in [0, 0.1) is 0 Å². The van der Waals surface area contributed by atoms with Gasteiger partial charge in [-0.05, 0) is 42.9 Å². The van der Waals surface area contributed by atoms with Gasteiger partial charge in [0.1, 0.15) is 12.4 Å². The van der Waals surface area contributed by atoms with Crippen LogP contribution in [-0.4, -0.2) is 43.1 Å². The van der Waals surface area contributed by atoms with Crippen molar-refractivity contribution in [1.82, 2.24) is 9.88 Å². The first kappa shape index (κ1) is 20.3. The quantitative estimate of drug-likeness (QED) is 0.647. The van der Waals surface area contributed by atoms with Crippen molar-refractivity contribution in [2.75, 3.05) is 43.9 Å². The summed E-state index contributed by atoms with van der Waals surface area (Å²) in [6.07, 6.45) is -2.85. The van der Waals surface area contributed by atoms with E-state index < -0.39 is 11.7 Å². The summed E-state index contributed by atoms with van der Waals surface area (Å²) in [6, 6.07) is 11.1. The number of rotatable bonds is 4. The molecule has 30 heavy (non-hydrogen) atoms. The van der Waals surface area contributed by atoms with Crippen molar-refractivity contribution in [3.05, 3.63) is 59.8 Å². The number of aromatic nitrogens is 1. The van der Waals surface area contributed by atoms with Crippen molar-refractivity contribution < 1.29 is 17.9 Å². The number of benzene rings is 2. The fourth-order valence-corrected chi connectivity index (χ4v) is 3.55. The number of nitrogens with two attached hydrogens (primary N) is 1. The number of likely N-dealkylation sites (N-methyl/N-ethyl adjacent to an activating group) is 1. The Kier molecular flexibility index (Phi) is 5.42. The lowest BCUT2D eigenvalue weighted by molar-refractivity contribution is -0.137. The van der Waals surface area contributed by atoms with Gasteiger partial charge in [-0.15, -0.1) is 0 Å². The number of halogens is 3. The van der Waals surface area contributed by atoms with Gasteiger partial charge < -0.3 is 20.3 Å². The number of piperazine rings is 1. The Bertz CT molecular complexity index is 1050. The van der Waals surface area contributed by atoms with Gasteiger partial charge in [-0.3, -0.25) is 4.98 Å². The van der Waals surface area contributed by atoms with Crippen LogP contribution in [0.3, 0.4) is 0 Å². The molecule has 1 fully saturated rings. The van der Waals surface area contributed by atoms with Gasteiger partial charge in [0, 0.05) is 37.3 Å². The lowest BCUT2D eigenvalue weighted by atomic mass is 10.1. The van der Waals surface area contributed by atoms with Crippen LogP contribution < -0.4 is 15.4 Å². The summed E-state index contributed by atoms with van der Waals surface area (Å²) < 4.78 is 46.1. The average Bonchev–Trinajstić information content (AvgIpc) is 2.71. The Hall–Kier alpha value is -3.00. The maximum atomic E-state index is 13.4. The number of nitrogen functional groups attached to an aromatic ring is 1. The predicted octanol–water partition coefficient (Wildman–Crippen LogP) is 4.17. The largest absolute Gasteiger partial charge is 0.488 e. The van der Waals surface area contributed by atoms with Crippen LogP contribution in [0.25, 0.3) is 10.9 Å². The summed E-state index contributed by atoms with van der Waals surface area (Å²) in [4.78, 5) is 8.75. The smallest absolute Gasteiger partial charge is 0.416 e. The number of anilines is 2. The molecule has 1 aromatic heterocycles. The lowest BCUT2D eigenvalue weighted by Gasteiger charge is -2.34. The second-order valence-corrected chi connectivity index (χ2v) is 7.56. The maximum Gasteiger partial charge on any atom is 0.416 e. The minimum atomic E-state index is -4.48.